The Bertz CT molecular complexity index is 354. The summed E-state index contributed by atoms with van der Waals surface area (Å²) in [5, 5.41) is -0.0762. The van der Waals surface area contributed by atoms with Crippen molar-refractivity contribution in [2.75, 3.05) is 0 Å². The van der Waals surface area contributed by atoms with E-state index >= 15 is 0 Å². The Morgan fingerprint density at radius 3 is 2.31 bits per heavy atom. The van der Waals surface area contributed by atoms with E-state index in [-0.39, 0.29) is 5.25 Å². The third kappa shape index (κ3) is 2.84. The fraction of sp³-hybridized carbons (Fsp3) is 0.400. The van der Waals surface area contributed by atoms with Crippen molar-refractivity contribution >= 4 is 9.73 Å². The third-order valence-electron chi connectivity index (χ3n) is 1.99. The lowest BCUT2D eigenvalue weighted by molar-refractivity contribution is 0.667. The number of hydrogen-bond donors (Lipinski definition) is 1. The molecule has 1 unspecified atom stereocenters. The van der Waals surface area contributed by atoms with Gasteiger partial charge in [-0.15, -0.1) is 0 Å². The molecule has 1 aromatic carbocycles. The highest BCUT2D eigenvalue weighted by Crippen LogP contribution is 2.10. The highest BCUT2D eigenvalue weighted by molar-refractivity contribution is 7.92. The van der Waals surface area contributed by atoms with E-state index in [2.05, 4.69) is 0 Å². The zero-order valence-corrected chi connectivity index (χ0v) is 8.80. The fourth-order valence-electron chi connectivity index (χ4n) is 0.989. The molecule has 0 aliphatic rings. The molecule has 0 fully saturated rings. The van der Waals surface area contributed by atoms with Crippen molar-refractivity contribution in [3.05, 3.63) is 35.9 Å². The quantitative estimate of drug-likeness (QED) is 0.795. The third-order valence-corrected chi connectivity index (χ3v) is 4.27. The van der Waals surface area contributed by atoms with Gasteiger partial charge in [0.2, 0.25) is 0 Å². The molecule has 0 aliphatic carbocycles. The first-order chi connectivity index (χ1) is 6.02. The summed E-state index contributed by atoms with van der Waals surface area (Å²) in [6, 6.07) is 9.56. The molecule has 0 heterocycles. The highest BCUT2D eigenvalue weighted by Gasteiger charge is 2.11. The molecule has 0 spiro atoms. The minimum absolute atomic E-state index is 0.0762. The van der Waals surface area contributed by atoms with Crippen LogP contribution in [0.2, 0.25) is 0 Å². The molecular formula is C10H15NOS. The molecule has 1 aromatic rings. The van der Waals surface area contributed by atoms with Crippen molar-refractivity contribution < 1.29 is 4.21 Å². The van der Waals surface area contributed by atoms with Crippen molar-refractivity contribution in [3.8, 4) is 0 Å². The van der Waals surface area contributed by atoms with E-state index in [4.69, 9.17) is 4.78 Å². The Morgan fingerprint density at radius 1 is 1.31 bits per heavy atom. The zero-order chi connectivity index (χ0) is 9.90. The summed E-state index contributed by atoms with van der Waals surface area (Å²) in [4.78, 5) is 0. The minimum Gasteiger partial charge on any atom is -0.252 e. The van der Waals surface area contributed by atoms with Crippen LogP contribution in [0.5, 0.6) is 0 Å². The van der Waals surface area contributed by atoms with Crippen LogP contribution in [0.1, 0.15) is 19.4 Å². The van der Waals surface area contributed by atoms with Gasteiger partial charge in [0.1, 0.15) is 0 Å². The van der Waals surface area contributed by atoms with Gasteiger partial charge >= 0.3 is 0 Å². The van der Waals surface area contributed by atoms with Gasteiger partial charge in [-0.25, -0.2) is 4.21 Å². The van der Waals surface area contributed by atoms with Gasteiger partial charge in [-0.1, -0.05) is 44.2 Å². The SMILES string of the molecule is CC(C)S(=N)(=O)Cc1ccccc1. The molecule has 1 N–H and O–H groups in total. The van der Waals surface area contributed by atoms with Crippen LogP contribution < -0.4 is 0 Å². The maximum Gasteiger partial charge on any atom is 0.0568 e. The number of rotatable bonds is 3. The summed E-state index contributed by atoms with van der Waals surface area (Å²) in [5.74, 6) is 0.367. The molecular weight excluding hydrogens is 182 g/mol. The predicted octanol–water partition coefficient (Wildman–Crippen LogP) is 2.64. The molecule has 0 bridgehead atoms. The zero-order valence-electron chi connectivity index (χ0n) is 7.99. The minimum atomic E-state index is -2.45. The van der Waals surface area contributed by atoms with Crippen molar-refractivity contribution in [1.29, 1.82) is 4.78 Å². The Balaban J connectivity index is 2.82. The van der Waals surface area contributed by atoms with Crippen LogP contribution in [0.15, 0.2) is 30.3 Å². The Labute approximate surface area is 80.0 Å². The standard InChI is InChI=1S/C10H15NOS/c1-9(2)13(11,12)8-10-6-4-3-5-7-10/h3-7,9,11H,8H2,1-2H3. The van der Waals surface area contributed by atoms with Gasteiger partial charge in [0.25, 0.3) is 0 Å². The van der Waals surface area contributed by atoms with Crippen LogP contribution in [0.25, 0.3) is 0 Å². The molecule has 3 heteroatoms. The molecule has 13 heavy (non-hydrogen) atoms. The second-order valence-electron chi connectivity index (χ2n) is 3.40. The van der Waals surface area contributed by atoms with Gasteiger partial charge in [0.05, 0.1) is 15.5 Å². The Hall–Kier alpha value is -0.830. The lowest BCUT2D eigenvalue weighted by Gasteiger charge is -2.10. The lowest BCUT2D eigenvalue weighted by Crippen LogP contribution is -2.14. The molecule has 0 aromatic heterocycles. The van der Waals surface area contributed by atoms with Gasteiger partial charge in [-0.2, -0.15) is 0 Å². The number of hydrogen-bond acceptors (Lipinski definition) is 2. The topological polar surface area (TPSA) is 40.9 Å². The van der Waals surface area contributed by atoms with Crippen molar-refractivity contribution in [3.63, 3.8) is 0 Å². The van der Waals surface area contributed by atoms with Crippen LogP contribution in [-0.4, -0.2) is 9.46 Å². The largest absolute Gasteiger partial charge is 0.252 e. The van der Waals surface area contributed by atoms with Gasteiger partial charge in [0.15, 0.2) is 0 Å². The monoisotopic (exact) mass is 197 g/mol. The van der Waals surface area contributed by atoms with E-state index < -0.39 is 9.73 Å². The van der Waals surface area contributed by atoms with Gasteiger partial charge in [0, 0.05) is 5.25 Å². The molecule has 0 aliphatic heterocycles. The first-order valence-corrected chi connectivity index (χ1v) is 6.10. The molecule has 72 valence electrons. The summed E-state index contributed by atoms with van der Waals surface area (Å²) >= 11 is 0. The summed E-state index contributed by atoms with van der Waals surface area (Å²) in [6.45, 7) is 3.66. The second kappa shape index (κ2) is 3.92. The lowest BCUT2D eigenvalue weighted by atomic mass is 10.2. The molecule has 0 saturated heterocycles. The molecule has 2 nitrogen and oxygen atoms in total. The maximum atomic E-state index is 11.7. The smallest absolute Gasteiger partial charge is 0.0568 e. The molecule has 0 amide bonds. The van der Waals surface area contributed by atoms with Crippen LogP contribution in [0.3, 0.4) is 0 Å². The van der Waals surface area contributed by atoms with Gasteiger partial charge in [-0.05, 0) is 5.56 Å². The van der Waals surface area contributed by atoms with Crippen LogP contribution in [0.4, 0.5) is 0 Å². The van der Waals surface area contributed by atoms with Crippen LogP contribution in [-0.2, 0) is 15.5 Å². The number of nitrogens with one attached hydrogen (secondary N) is 1. The van der Waals surface area contributed by atoms with E-state index in [1.54, 1.807) is 0 Å². The van der Waals surface area contributed by atoms with Crippen molar-refractivity contribution in [2.24, 2.45) is 0 Å². The highest BCUT2D eigenvalue weighted by atomic mass is 32.2. The van der Waals surface area contributed by atoms with E-state index in [1.165, 1.54) is 0 Å². The van der Waals surface area contributed by atoms with Gasteiger partial charge < -0.3 is 0 Å². The predicted molar refractivity (Wildman–Crippen MR) is 56.1 cm³/mol. The van der Waals surface area contributed by atoms with E-state index in [1.807, 2.05) is 44.2 Å². The molecule has 1 atom stereocenters. The van der Waals surface area contributed by atoms with Crippen LogP contribution >= 0.6 is 0 Å². The summed E-state index contributed by atoms with van der Waals surface area (Å²) in [7, 11) is -2.45. The van der Waals surface area contributed by atoms with Crippen LogP contribution in [0, 0.1) is 4.78 Å². The molecule has 0 radical (unpaired) electrons. The molecule has 0 saturated carbocycles. The first kappa shape index (κ1) is 10.3. The second-order valence-corrected chi connectivity index (χ2v) is 6.09. The summed E-state index contributed by atoms with van der Waals surface area (Å²) in [5.41, 5.74) is 0.983. The Morgan fingerprint density at radius 2 is 1.85 bits per heavy atom. The van der Waals surface area contributed by atoms with Crippen molar-refractivity contribution in [2.45, 2.75) is 24.9 Å². The fourth-order valence-corrected chi connectivity index (χ4v) is 2.01. The van der Waals surface area contributed by atoms with Crippen molar-refractivity contribution in [1.82, 2.24) is 0 Å². The van der Waals surface area contributed by atoms with Gasteiger partial charge in [-0.3, -0.25) is 4.78 Å². The average Bonchev–Trinajstić information content (AvgIpc) is 2.05. The Kier molecular flexibility index (Phi) is 3.09. The number of benzene rings is 1. The maximum absolute atomic E-state index is 11.7. The van der Waals surface area contributed by atoms with E-state index in [9.17, 15) is 4.21 Å². The first-order valence-electron chi connectivity index (χ1n) is 4.31. The summed E-state index contributed by atoms with van der Waals surface area (Å²) in [6.07, 6.45) is 0. The summed E-state index contributed by atoms with van der Waals surface area (Å²) < 4.78 is 19.4. The van der Waals surface area contributed by atoms with E-state index in [0.29, 0.717) is 5.75 Å². The normalized spacial score (nSPS) is 15.6. The average molecular weight is 197 g/mol. The van der Waals surface area contributed by atoms with E-state index in [0.717, 1.165) is 5.56 Å². The molecule has 1 rings (SSSR count).